The van der Waals surface area contributed by atoms with E-state index in [9.17, 15) is 4.79 Å². The highest BCUT2D eigenvalue weighted by atomic mass is 35.5. The smallest absolute Gasteiger partial charge is 0.308 e. The highest BCUT2D eigenvalue weighted by molar-refractivity contribution is 7.22. The average Bonchev–Trinajstić information content (AvgIpc) is 2.82. The summed E-state index contributed by atoms with van der Waals surface area (Å²) in [6.07, 6.45) is 0. The molecule has 0 fully saturated rings. The van der Waals surface area contributed by atoms with E-state index in [-0.39, 0.29) is 6.03 Å². The first-order valence-electron chi connectivity index (χ1n) is 6.31. The summed E-state index contributed by atoms with van der Waals surface area (Å²) < 4.78 is 1.05. The molecule has 2 aromatic carbocycles. The van der Waals surface area contributed by atoms with Crippen molar-refractivity contribution < 1.29 is 4.79 Å². The topological polar surface area (TPSA) is 54.0 Å². The maximum atomic E-state index is 11.9. The van der Waals surface area contributed by atoms with E-state index in [0.29, 0.717) is 15.8 Å². The van der Waals surface area contributed by atoms with Crippen molar-refractivity contribution in [3.8, 4) is 0 Å². The fourth-order valence-electron chi connectivity index (χ4n) is 1.88. The lowest BCUT2D eigenvalue weighted by molar-refractivity contribution is 0.262. The van der Waals surface area contributed by atoms with Crippen LogP contribution in [0, 0.1) is 6.92 Å². The number of fused-ring (bicyclic) bond motifs is 1. The van der Waals surface area contributed by atoms with E-state index >= 15 is 0 Å². The van der Waals surface area contributed by atoms with Crippen LogP contribution in [0.25, 0.3) is 10.2 Å². The number of hydrogen-bond acceptors (Lipinski definition) is 3. The van der Waals surface area contributed by atoms with Gasteiger partial charge in [0.2, 0.25) is 0 Å². The predicted octanol–water partition coefficient (Wildman–Crippen LogP) is 4.90. The number of hydrogen-bond donors (Lipinski definition) is 2. The Bertz CT molecular complexity index is 798. The molecule has 3 rings (SSSR count). The molecule has 6 heteroatoms. The number of rotatable bonds is 2. The predicted molar refractivity (Wildman–Crippen MR) is 88.5 cm³/mol. The van der Waals surface area contributed by atoms with Crippen LogP contribution >= 0.6 is 22.9 Å². The second-order valence-corrected chi connectivity index (χ2v) is 6.04. The normalized spacial score (nSPS) is 10.6. The van der Waals surface area contributed by atoms with Gasteiger partial charge in [0, 0.05) is 10.7 Å². The van der Waals surface area contributed by atoms with Crippen LogP contribution in [-0.4, -0.2) is 11.0 Å². The van der Waals surface area contributed by atoms with Crippen molar-refractivity contribution in [2.24, 2.45) is 0 Å². The van der Waals surface area contributed by atoms with Crippen molar-refractivity contribution in [2.75, 3.05) is 10.6 Å². The number of benzene rings is 2. The standard InChI is InChI=1S/C15H12ClN3OS/c1-9-2-7-12-13(8-9)21-15(18-12)19-14(20)17-11-5-3-10(16)4-6-11/h2-8H,1H3,(H2,17,18,19,20). The van der Waals surface area contributed by atoms with Gasteiger partial charge in [0.25, 0.3) is 0 Å². The van der Waals surface area contributed by atoms with Crippen LogP contribution in [0.2, 0.25) is 5.02 Å². The Labute approximate surface area is 130 Å². The molecule has 0 bridgehead atoms. The molecule has 0 radical (unpaired) electrons. The largest absolute Gasteiger partial charge is 0.325 e. The molecule has 0 saturated carbocycles. The zero-order chi connectivity index (χ0) is 14.8. The molecule has 21 heavy (non-hydrogen) atoms. The monoisotopic (exact) mass is 317 g/mol. The first-order valence-corrected chi connectivity index (χ1v) is 7.50. The molecule has 1 heterocycles. The van der Waals surface area contributed by atoms with E-state index in [4.69, 9.17) is 11.6 Å². The number of nitrogens with one attached hydrogen (secondary N) is 2. The Morgan fingerprint density at radius 2 is 1.90 bits per heavy atom. The Hall–Kier alpha value is -2.11. The summed E-state index contributed by atoms with van der Waals surface area (Å²) in [5.74, 6) is 0. The van der Waals surface area contributed by atoms with Gasteiger partial charge in [-0.3, -0.25) is 5.32 Å². The molecule has 3 aromatic rings. The summed E-state index contributed by atoms with van der Waals surface area (Å²) in [6, 6.07) is 12.6. The summed E-state index contributed by atoms with van der Waals surface area (Å²) in [4.78, 5) is 16.3. The van der Waals surface area contributed by atoms with Crippen molar-refractivity contribution in [1.29, 1.82) is 0 Å². The number of urea groups is 1. The summed E-state index contributed by atoms with van der Waals surface area (Å²) in [5.41, 5.74) is 2.73. The van der Waals surface area contributed by atoms with Gasteiger partial charge in [0.15, 0.2) is 5.13 Å². The Kier molecular flexibility index (Phi) is 3.77. The summed E-state index contributed by atoms with van der Waals surface area (Å²) >= 11 is 7.25. The van der Waals surface area contributed by atoms with Gasteiger partial charge in [-0.1, -0.05) is 29.0 Å². The van der Waals surface area contributed by atoms with Crippen LogP contribution in [0.15, 0.2) is 42.5 Å². The number of nitrogens with zero attached hydrogens (tertiary/aromatic N) is 1. The minimum absolute atomic E-state index is 0.326. The number of amides is 2. The van der Waals surface area contributed by atoms with E-state index in [1.54, 1.807) is 24.3 Å². The van der Waals surface area contributed by atoms with Gasteiger partial charge >= 0.3 is 6.03 Å². The van der Waals surface area contributed by atoms with Gasteiger partial charge in [0.05, 0.1) is 10.2 Å². The third kappa shape index (κ3) is 3.32. The van der Waals surface area contributed by atoms with E-state index in [0.717, 1.165) is 10.2 Å². The Morgan fingerprint density at radius 1 is 1.14 bits per heavy atom. The average molecular weight is 318 g/mol. The maximum Gasteiger partial charge on any atom is 0.325 e. The van der Waals surface area contributed by atoms with Gasteiger partial charge in [-0.05, 0) is 48.9 Å². The molecule has 2 N–H and O–H groups in total. The molecule has 2 amide bonds. The lowest BCUT2D eigenvalue weighted by Gasteiger charge is -2.04. The van der Waals surface area contributed by atoms with Crippen molar-refractivity contribution in [1.82, 2.24) is 4.98 Å². The van der Waals surface area contributed by atoms with Crippen molar-refractivity contribution >= 4 is 50.0 Å². The minimum atomic E-state index is -0.326. The van der Waals surface area contributed by atoms with Gasteiger partial charge in [-0.15, -0.1) is 0 Å². The molecule has 0 unspecified atom stereocenters. The highest BCUT2D eigenvalue weighted by Gasteiger charge is 2.08. The van der Waals surface area contributed by atoms with Gasteiger partial charge in [-0.2, -0.15) is 0 Å². The van der Waals surface area contributed by atoms with Crippen LogP contribution in [0.4, 0.5) is 15.6 Å². The van der Waals surface area contributed by atoms with Crippen molar-refractivity contribution in [2.45, 2.75) is 6.92 Å². The van der Waals surface area contributed by atoms with Crippen LogP contribution in [0.1, 0.15) is 5.56 Å². The maximum absolute atomic E-state index is 11.9. The SMILES string of the molecule is Cc1ccc2nc(NC(=O)Nc3ccc(Cl)cc3)sc2c1. The van der Waals surface area contributed by atoms with E-state index in [1.165, 1.54) is 16.9 Å². The quantitative estimate of drug-likeness (QED) is 0.706. The number of aryl methyl sites for hydroxylation is 1. The van der Waals surface area contributed by atoms with Gasteiger partial charge < -0.3 is 5.32 Å². The van der Waals surface area contributed by atoms with Crippen LogP contribution in [0.5, 0.6) is 0 Å². The highest BCUT2D eigenvalue weighted by Crippen LogP contribution is 2.26. The first kappa shape index (κ1) is 13.9. The molecule has 0 saturated heterocycles. The molecule has 1 aromatic heterocycles. The van der Waals surface area contributed by atoms with E-state index < -0.39 is 0 Å². The summed E-state index contributed by atoms with van der Waals surface area (Å²) in [6.45, 7) is 2.03. The minimum Gasteiger partial charge on any atom is -0.308 e. The zero-order valence-electron chi connectivity index (χ0n) is 11.2. The molecule has 0 atom stereocenters. The van der Waals surface area contributed by atoms with Crippen molar-refractivity contribution in [3.05, 3.63) is 53.1 Å². The molecular weight excluding hydrogens is 306 g/mol. The Morgan fingerprint density at radius 3 is 2.67 bits per heavy atom. The molecular formula is C15H12ClN3OS. The summed E-state index contributed by atoms with van der Waals surface area (Å²) in [7, 11) is 0. The van der Waals surface area contributed by atoms with Crippen molar-refractivity contribution in [3.63, 3.8) is 0 Å². The van der Waals surface area contributed by atoms with E-state index in [2.05, 4.69) is 21.7 Å². The molecule has 0 aliphatic rings. The number of carbonyl (C=O) groups is 1. The van der Waals surface area contributed by atoms with Crippen LogP contribution in [0.3, 0.4) is 0 Å². The lowest BCUT2D eigenvalue weighted by atomic mass is 10.2. The third-order valence-electron chi connectivity index (χ3n) is 2.87. The fourth-order valence-corrected chi connectivity index (χ4v) is 2.96. The number of thiazole rings is 1. The number of anilines is 2. The van der Waals surface area contributed by atoms with E-state index in [1.807, 2.05) is 19.1 Å². The molecule has 4 nitrogen and oxygen atoms in total. The number of carbonyl (C=O) groups excluding carboxylic acids is 1. The third-order valence-corrected chi connectivity index (χ3v) is 4.05. The number of halogens is 1. The van der Waals surface area contributed by atoms with Gasteiger partial charge in [0.1, 0.15) is 0 Å². The fraction of sp³-hybridized carbons (Fsp3) is 0.0667. The Balaban J connectivity index is 1.72. The second kappa shape index (κ2) is 5.71. The summed E-state index contributed by atoms with van der Waals surface area (Å²) in [5, 5.41) is 6.67. The van der Waals surface area contributed by atoms with Crippen LogP contribution < -0.4 is 10.6 Å². The first-order chi connectivity index (χ1) is 10.1. The molecule has 0 aliphatic carbocycles. The van der Waals surface area contributed by atoms with Crippen LogP contribution in [-0.2, 0) is 0 Å². The van der Waals surface area contributed by atoms with Gasteiger partial charge in [-0.25, -0.2) is 9.78 Å². The molecule has 106 valence electrons. The number of aromatic nitrogens is 1. The molecule has 0 spiro atoms. The lowest BCUT2D eigenvalue weighted by Crippen LogP contribution is -2.19. The zero-order valence-corrected chi connectivity index (χ0v) is 12.8. The second-order valence-electron chi connectivity index (χ2n) is 4.58. The molecule has 0 aliphatic heterocycles.